The number of carbonyl (C=O) groups excluding carboxylic acids is 1. The number of hydrogen-bond acceptors (Lipinski definition) is 6. The lowest BCUT2D eigenvalue weighted by atomic mass is 9.88. The minimum atomic E-state index is -0.918. The molecule has 5 rings (SSSR count). The van der Waals surface area contributed by atoms with Crippen LogP contribution in [0.25, 0.3) is 0 Å². The van der Waals surface area contributed by atoms with Crippen LogP contribution in [-0.2, 0) is 27.2 Å². The number of anilines is 2. The van der Waals surface area contributed by atoms with Gasteiger partial charge in [-0.3, -0.25) is 9.48 Å². The van der Waals surface area contributed by atoms with E-state index in [1.807, 2.05) is 18.7 Å². The Morgan fingerprint density at radius 3 is 2.56 bits per heavy atom. The van der Waals surface area contributed by atoms with Gasteiger partial charge in [-0.05, 0) is 43.4 Å². The molecule has 10 heteroatoms. The number of fused-ring (bicyclic) bond motifs is 2. The lowest BCUT2D eigenvalue weighted by molar-refractivity contribution is -0.139. The topological polar surface area (TPSA) is 97.1 Å². The van der Waals surface area contributed by atoms with Gasteiger partial charge in [-0.2, -0.15) is 5.10 Å². The molecular weight excluding hydrogens is 467 g/mol. The number of nitrogens with zero attached hydrogens (tertiary/aromatic N) is 4. The Bertz CT molecular complexity index is 1130. The molecule has 1 amide bonds. The van der Waals surface area contributed by atoms with Crippen LogP contribution < -0.4 is 4.90 Å². The highest BCUT2D eigenvalue weighted by Gasteiger charge is 2.37. The van der Waals surface area contributed by atoms with Crippen molar-refractivity contribution >= 4 is 23.6 Å². The summed E-state index contributed by atoms with van der Waals surface area (Å²) in [5, 5.41) is 14.8. The van der Waals surface area contributed by atoms with Crippen LogP contribution in [0.3, 0.4) is 0 Å². The molecule has 1 aromatic carbocycles. The number of carboxylic acid groups (broad SMARTS) is 1. The molecule has 0 saturated carbocycles. The maximum Gasteiger partial charge on any atom is 0.409 e. The SMILES string of the molecule is CC.COC(=O)N1CCc2c(c(N3CCC(C(=O)O)c4cc(C)c(F)cc43)nn2C2CCOCC2)C1. The lowest BCUT2D eigenvalue weighted by Crippen LogP contribution is -2.37. The number of rotatable bonds is 3. The van der Waals surface area contributed by atoms with Crippen LogP contribution in [-0.4, -0.2) is 65.3 Å². The molecule has 1 fully saturated rings. The molecule has 0 bridgehead atoms. The number of ether oxygens (including phenoxy) is 2. The van der Waals surface area contributed by atoms with E-state index in [-0.39, 0.29) is 11.9 Å². The van der Waals surface area contributed by atoms with Crippen molar-refractivity contribution in [2.45, 2.75) is 65.0 Å². The number of carbonyl (C=O) groups is 2. The zero-order valence-corrected chi connectivity index (χ0v) is 21.4. The highest BCUT2D eigenvalue weighted by molar-refractivity contribution is 5.83. The summed E-state index contributed by atoms with van der Waals surface area (Å²) >= 11 is 0. The van der Waals surface area contributed by atoms with Crippen LogP contribution >= 0.6 is 0 Å². The Hall–Kier alpha value is -3.14. The number of halogens is 1. The average molecular weight is 503 g/mol. The number of amides is 1. The van der Waals surface area contributed by atoms with Crippen LogP contribution in [0.5, 0.6) is 0 Å². The molecule has 1 aromatic heterocycles. The van der Waals surface area contributed by atoms with Crippen molar-refractivity contribution in [3.05, 3.63) is 40.3 Å². The Morgan fingerprint density at radius 2 is 1.89 bits per heavy atom. The summed E-state index contributed by atoms with van der Waals surface area (Å²) < 4.78 is 27.2. The fourth-order valence-corrected chi connectivity index (χ4v) is 5.38. The first kappa shape index (κ1) is 25.9. The number of hydrogen-bond donors (Lipinski definition) is 1. The van der Waals surface area contributed by atoms with Crippen molar-refractivity contribution < 1.29 is 28.6 Å². The maximum atomic E-state index is 14.7. The highest BCUT2D eigenvalue weighted by Crippen LogP contribution is 2.43. The Kier molecular flexibility index (Phi) is 7.82. The zero-order chi connectivity index (χ0) is 26.0. The van der Waals surface area contributed by atoms with Gasteiger partial charge in [-0.15, -0.1) is 0 Å². The normalized spacial score (nSPS) is 19.6. The average Bonchev–Trinajstić information content (AvgIpc) is 3.28. The van der Waals surface area contributed by atoms with Gasteiger partial charge < -0.3 is 24.4 Å². The fourth-order valence-electron chi connectivity index (χ4n) is 5.38. The molecule has 3 aliphatic rings. The molecule has 0 radical (unpaired) electrons. The molecule has 0 spiro atoms. The van der Waals surface area contributed by atoms with E-state index in [0.29, 0.717) is 68.3 Å². The van der Waals surface area contributed by atoms with Crippen molar-refractivity contribution in [3.8, 4) is 0 Å². The monoisotopic (exact) mass is 502 g/mol. The molecule has 2 aromatic rings. The van der Waals surface area contributed by atoms with E-state index in [1.165, 1.54) is 13.2 Å². The summed E-state index contributed by atoms with van der Waals surface area (Å²) in [6.07, 6.45) is 2.31. The molecule has 1 N–H and O–H groups in total. The van der Waals surface area contributed by atoms with Gasteiger partial charge in [-0.1, -0.05) is 19.9 Å². The molecule has 1 atom stereocenters. The van der Waals surface area contributed by atoms with Crippen LogP contribution in [0, 0.1) is 12.7 Å². The first-order valence-electron chi connectivity index (χ1n) is 12.7. The summed E-state index contributed by atoms with van der Waals surface area (Å²) in [7, 11) is 1.36. The molecule has 1 unspecified atom stereocenters. The fraction of sp³-hybridized carbons (Fsp3) is 0.577. The van der Waals surface area contributed by atoms with Gasteiger partial charge in [0.1, 0.15) is 5.82 Å². The standard InChI is InChI=1S/C24H29FN4O5.C2H6/c1-14-11-17-16(23(30)31)3-8-28(21(17)12-19(14)25)22-18-13-27(24(32)33-2)7-4-20(18)29(26-22)15-5-9-34-10-6-15;1-2/h11-12,15-16H,3-10,13H2,1-2H3,(H,30,31);1-2H3. The van der Waals surface area contributed by atoms with Gasteiger partial charge in [0.2, 0.25) is 0 Å². The van der Waals surface area contributed by atoms with E-state index in [4.69, 9.17) is 14.6 Å². The molecule has 3 aliphatic heterocycles. The predicted octanol–water partition coefficient (Wildman–Crippen LogP) is 4.54. The van der Waals surface area contributed by atoms with Gasteiger partial charge in [0.15, 0.2) is 5.82 Å². The number of carboxylic acids is 1. The van der Waals surface area contributed by atoms with Gasteiger partial charge in [0.25, 0.3) is 0 Å². The first-order chi connectivity index (χ1) is 17.4. The van der Waals surface area contributed by atoms with Gasteiger partial charge in [0.05, 0.1) is 25.6 Å². The molecule has 9 nitrogen and oxygen atoms in total. The third-order valence-corrected chi connectivity index (χ3v) is 7.20. The van der Waals surface area contributed by atoms with Gasteiger partial charge in [-0.25, -0.2) is 9.18 Å². The Morgan fingerprint density at radius 1 is 1.17 bits per heavy atom. The second-order valence-electron chi connectivity index (χ2n) is 9.17. The summed E-state index contributed by atoms with van der Waals surface area (Å²) in [5.41, 5.74) is 3.50. The second kappa shape index (κ2) is 10.9. The Labute approximate surface area is 210 Å². The van der Waals surface area contributed by atoms with Crippen molar-refractivity contribution in [2.24, 2.45) is 0 Å². The predicted molar refractivity (Wildman–Crippen MR) is 132 cm³/mol. The van der Waals surface area contributed by atoms with Gasteiger partial charge >= 0.3 is 12.1 Å². The molecule has 196 valence electrons. The number of methoxy groups -OCH3 is 1. The lowest BCUT2D eigenvalue weighted by Gasteiger charge is -2.35. The molecule has 36 heavy (non-hydrogen) atoms. The molecule has 4 heterocycles. The van der Waals surface area contributed by atoms with Crippen LogP contribution in [0.15, 0.2) is 12.1 Å². The van der Waals surface area contributed by atoms with E-state index >= 15 is 0 Å². The third kappa shape index (κ3) is 4.66. The first-order valence-corrected chi connectivity index (χ1v) is 12.7. The smallest absolute Gasteiger partial charge is 0.409 e. The quantitative estimate of drug-likeness (QED) is 0.658. The van der Waals surface area contributed by atoms with Crippen LogP contribution in [0.2, 0.25) is 0 Å². The number of aromatic nitrogens is 2. The van der Waals surface area contributed by atoms with Crippen molar-refractivity contribution in [1.82, 2.24) is 14.7 Å². The minimum absolute atomic E-state index is 0.187. The second-order valence-corrected chi connectivity index (χ2v) is 9.17. The molecule has 1 saturated heterocycles. The zero-order valence-electron chi connectivity index (χ0n) is 21.4. The van der Waals surface area contributed by atoms with Crippen molar-refractivity contribution in [2.75, 3.05) is 38.3 Å². The van der Waals surface area contributed by atoms with E-state index in [2.05, 4.69) is 4.68 Å². The van der Waals surface area contributed by atoms with E-state index in [1.54, 1.807) is 17.9 Å². The molecule has 0 aliphatic carbocycles. The maximum absolute atomic E-state index is 14.7. The van der Waals surface area contributed by atoms with Crippen LogP contribution in [0.1, 0.15) is 67.5 Å². The van der Waals surface area contributed by atoms with E-state index in [9.17, 15) is 19.1 Å². The summed E-state index contributed by atoms with van der Waals surface area (Å²) in [6.45, 7) is 8.23. The minimum Gasteiger partial charge on any atom is -0.481 e. The number of aryl methyl sites for hydroxylation is 1. The van der Waals surface area contributed by atoms with Crippen molar-refractivity contribution in [3.63, 3.8) is 0 Å². The summed E-state index contributed by atoms with van der Waals surface area (Å²) in [6, 6.07) is 3.24. The highest BCUT2D eigenvalue weighted by atomic mass is 19.1. The van der Waals surface area contributed by atoms with E-state index in [0.717, 1.165) is 24.1 Å². The number of benzene rings is 1. The summed E-state index contributed by atoms with van der Waals surface area (Å²) in [5.74, 6) is -1.35. The number of aliphatic carboxylic acids is 1. The largest absolute Gasteiger partial charge is 0.481 e. The van der Waals surface area contributed by atoms with Gasteiger partial charge in [0, 0.05) is 49.7 Å². The summed E-state index contributed by atoms with van der Waals surface area (Å²) in [4.78, 5) is 27.8. The van der Waals surface area contributed by atoms with Crippen LogP contribution in [0.4, 0.5) is 20.7 Å². The Balaban J connectivity index is 0.00000148. The van der Waals surface area contributed by atoms with E-state index < -0.39 is 18.0 Å². The third-order valence-electron chi connectivity index (χ3n) is 7.20. The van der Waals surface area contributed by atoms with Crippen molar-refractivity contribution in [1.29, 1.82) is 0 Å². The molecular formula is C26H35FN4O5.